The van der Waals surface area contributed by atoms with Crippen molar-refractivity contribution in [1.82, 2.24) is 25.2 Å². The van der Waals surface area contributed by atoms with E-state index < -0.39 is 0 Å². The number of benzene rings is 1. The number of aromatic nitrogens is 3. The van der Waals surface area contributed by atoms with Gasteiger partial charge >= 0.3 is 0 Å². The molecule has 2 aliphatic heterocycles. The molecular weight excluding hydrogens is 511 g/mol. The van der Waals surface area contributed by atoms with E-state index >= 15 is 0 Å². The fourth-order valence-electron chi connectivity index (χ4n) is 4.94. The van der Waals surface area contributed by atoms with Crippen LogP contribution in [0.3, 0.4) is 0 Å². The number of piperazine rings is 1. The number of piperidine rings is 1. The molecule has 0 spiro atoms. The van der Waals surface area contributed by atoms with Crippen LogP contribution in [0.15, 0.2) is 42.7 Å². The highest BCUT2D eigenvalue weighted by Crippen LogP contribution is 2.31. The maximum atomic E-state index is 9.26. The predicted octanol–water partition coefficient (Wildman–Crippen LogP) is 4.64. The van der Waals surface area contributed by atoms with Crippen molar-refractivity contribution in [3.05, 3.63) is 58.3 Å². The van der Waals surface area contributed by atoms with Gasteiger partial charge in [0, 0.05) is 61.0 Å². The van der Waals surface area contributed by atoms with Crippen LogP contribution in [0.4, 0.5) is 5.95 Å². The van der Waals surface area contributed by atoms with E-state index in [2.05, 4.69) is 31.2 Å². The van der Waals surface area contributed by atoms with Crippen molar-refractivity contribution in [3.8, 4) is 22.9 Å². The lowest BCUT2D eigenvalue weighted by Gasteiger charge is -2.31. The van der Waals surface area contributed by atoms with Crippen LogP contribution in [0.2, 0.25) is 10.0 Å². The van der Waals surface area contributed by atoms with E-state index in [1.54, 1.807) is 18.5 Å². The second kappa shape index (κ2) is 12.4. The molecule has 1 aromatic carbocycles. The van der Waals surface area contributed by atoms with Gasteiger partial charge in [-0.1, -0.05) is 23.2 Å². The molecule has 2 aliphatic rings. The maximum absolute atomic E-state index is 9.26. The monoisotopic (exact) mass is 542 g/mol. The molecule has 2 aromatic heterocycles. The second-order valence-electron chi connectivity index (χ2n) is 9.65. The van der Waals surface area contributed by atoms with Crippen LogP contribution in [0, 0.1) is 5.92 Å². The summed E-state index contributed by atoms with van der Waals surface area (Å²) in [6, 6.07) is 9.46. The van der Waals surface area contributed by atoms with Gasteiger partial charge in [0.15, 0.2) is 5.75 Å². The minimum Gasteiger partial charge on any atom is -0.436 e. The number of halogens is 2. The summed E-state index contributed by atoms with van der Waals surface area (Å²) in [7, 11) is 0. The first kappa shape index (κ1) is 26.1. The molecular formula is C27H32Cl2N6O2. The summed E-state index contributed by atoms with van der Waals surface area (Å²) in [6.07, 6.45) is 6.47. The molecule has 0 atom stereocenters. The summed E-state index contributed by atoms with van der Waals surface area (Å²) in [5.41, 5.74) is 2.66. The highest BCUT2D eigenvalue weighted by molar-refractivity contribution is 6.35. The zero-order chi connectivity index (χ0) is 25.6. The molecule has 2 saturated heterocycles. The molecule has 0 aliphatic carbocycles. The Morgan fingerprint density at radius 2 is 1.65 bits per heavy atom. The smallest absolute Gasteiger partial charge is 0.225 e. The Hall–Kier alpha value is -2.49. The molecule has 3 aromatic rings. The van der Waals surface area contributed by atoms with E-state index in [9.17, 15) is 5.11 Å². The summed E-state index contributed by atoms with van der Waals surface area (Å²) in [5, 5.41) is 13.7. The summed E-state index contributed by atoms with van der Waals surface area (Å²) in [5.74, 6) is 2.31. The summed E-state index contributed by atoms with van der Waals surface area (Å²) in [6.45, 7) is 6.66. The van der Waals surface area contributed by atoms with Crippen LogP contribution in [-0.4, -0.2) is 70.8 Å². The molecule has 196 valence electrons. The number of anilines is 1. The van der Waals surface area contributed by atoms with Gasteiger partial charge in [0.25, 0.3) is 0 Å². The van der Waals surface area contributed by atoms with Crippen LogP contribution < -0.4 is 15.0 Å². The van der Waals surface area contributed by atoms with E-state index in [0.29, 0.717) is 33.5 Å². The molecule has 0 amide bonds. The van der Waals surface area contributed by atoms with Gasteiger partial charge in [0.2, 0.25) is 11.8 Å². The number of likely N-dealkylation sites (tertiary alicyclic amines) is 1. The standard InChI is InChI=1S/C27H32Cl2N6O2/c28-22-13-21(14-23(29)15-22)25-11-20(18-34-6-1-19(2-7-34)3-10-36)12-26(33-25)37-24-16-31-27(32-17-24)35-8-4-30-5-9-35/h11-17,19,30,36H,1-10,18H2. The van der Waals surface area contributed by atoms with Gasteiger partial charge in [-0.25, -0.2) is 15.0 Å². The van der Waals surface area contributed by atoms with Gasteiger partial charge < -0.3 is 20.1 Å². The Kier molecular flexibility index (Phi) is 8.74. The number of hydrogen-bond donors (Lipinski definition) is 2. The Labute approximate surface area is 227 Å². The largest absolute Gasteiger partial charge is 0.436 e. The number of hydrogen-bond acceptors (Lipinski definition) is 8. The van der Waals surface area contributed by atoms with E-state index in [1.807, 2.05) is 18.2 Å². The lowest BCUT2D eigenvalue weighted by molar-refractivity contribution is 0.153. The minimum absolute atomic E-state index is 0.265. The Bertz CT molecular complexity index is 1160. The molecule has 0 saturated carbocycles. The maximum Gasteiger partial charge on any atom is 0.225 e. The zero-order valence-electron chi connectivity index (χ0n) is 20.7. The van der Waals surface area contributed by atoms with Crippen LogP contribution in [0.5, 0.6) is 11.6 Å². The van der Waals surface area contributed by atoms with Crippen LogP contribution in [-0.2, 0) is 6.54 Å². The highest BCUT2D eigenvalue weighted by atomic mass is 35.5. The van der Waals surface area contributed by atoms with Gasteiger partial charge in [-0.05, 0) is 68.1 Å². The zero-order valence-corrected chi connectivity index (χ0v) is 22.3. The average Bonchev–Trinajstić information content (AvgIpc) is 2.90. The number of nitrogens with zero attached hydrogens (tertiary/aromatic N) is 5. The lowest BCUT2D eigenvalue weighted by atomic mass is 9.93. The first-order valence-electron chi connectivity index (χ1n) is 12.8. The van der Waals surface area contributed by atoms with Crippen molar-refractivity contribution in [3.63, 3.8) is 0 Å². The molecule has 2 N–H and O–H groups in total. The quantitative estimate of drug-likeness (QED) is 0.425. The predicted molar refractivity (Wildman–Crippen MR) is 147 cm³/mol. The fraction of sp³-hybridized carbons (Fsp3) is 0.444. The molecule has 0 radical (unpaired) electrons. The van der Waals surface area contributed by atoms with Crippen molar-refractivity contribution in [2.45, 2.75) is 25.8 Å². The molecule has 2 fully saturated rings. The minimum atomic E-state index is 0.265. The van der Waals surface area contributed by atoms with Crippen molar-refractivity contribution in [2.75, 3.05) is 50.8 Å². The molecule has 0 bridgehead atoms. The van der Waals surface area contributed by atoms with Gasteiger partial charge in [0.05, 0.1) is 18.1 Å². The van der Waals surface area contributed by atoms with E-state index in [4.69, 9.17) is 32.9 Å². The Morgan fingerprint density at radius 3 is 2.32 bits per heavy atom. The number of rotatable bonds is 8. The van der Waals surface area contributed by atoms with Gasteiger partial charge in [-0.2, -0.15) is 0 Å². The Morgan fingerprint density at radius 1 is 0.946 bits per heavy atom. The fourth-order valence-corrected chi connectivity index (χ4v) is 5.46. The number of aliphatic hydroxyl groups excluding tert-OH is 1. The third-order valence-corrected chi connectivity index (χ3v) is 7.34. The molecule has 5 rings (SSSR count). The van der Waals surface area contributed by atoms with Crippen molar-refractivity contribution < 1.29 is 9.84 Å². The lowest BCUT2D eigenvalue weighted by Crippen LogP contribution is -2.44. The molecule has 37 heavy (non-hydrogen) atoms. The third kappa shape index (κ3) is 7.09. The molecule has 10 heteroatoms. The van der Waals surface area contributed by atoms with E-state index in [1.165, 1.54) is 0 Å². The SMILES string of the molecule is OCCC1CCN(Cc2cc(Oc3cnc(N4CCNCC4)nc3)nc(-c3cc(Cl)cc(Cl)c3)c2)CC1. The normalized spacial score (nSPS) is 17.2. The van der Waals surface area contributed by atoms with E-state index in [0.717, 1.165) is 81.9 Å². The van der Waals surface area contributed by atoms with Crippen molar-refractivity contribution in [1.29, 1.82) is 0 Å². The highest BCUT2D eigenvalue weighted by Gasteiger charge is 2.20. The molecule has 8 nitrogen and oxygen atoms in total. The topological polar surface area (TPSA) is 86.6 Å². The van der Waals surface area contributed by atoms with Crippen molar-refractivity contribution >= 4 is 29.2 Å². The van der Waals surface area contributed by atoms with Gasteiger partial charge in [-0.3, -0.25) is 4.90 Å². The Balaban J connectivity index is 1.37. The second-order valence-corrected chi connectivity index (χ2v) is 10.5. The van der Waals surface area contributed by atoms with Crippen LogP contribution >= 0.6 is 23.2 Å². The number of aliphatic hydroxyl groups is 1. The summed E-state index contributed by atoms with van der Waals surface area (Å²) in [4.78, 5) is 18.4. The summed E-state index contributed by atoms with van der Waals surface area (Å²) < 4.78 is 6.14. The van der Waals surface area contributed by atoms with Gasteiger partial charge in [-0.15, -0.1) is 0 Å². The number of pyridine rings is 1. The van der Waals surface area contributed by atoms with Crippen LogP contribution in [0.1, 0.15) is 24.8 Å². The number of ether oxygens (including phenoxy) is 1. The first-order valence-corrected chi connectivity index (χ1v) is 13.6. The van der Waals surface area contributed by atoms with Crippen LogP contribution in [0.25, 0.3) is 11.3 Å². The first-order chi connectivity index (χ1) is 18.1. The summed E-state index contributed by atoms with van der Waals surface area (Å²) >= 11 is 12.6. The van der Waals surface area contributed by atoms with Crippen molar-refractivity contribution in [2.24, 2.45) is 5.92 Å². The van der Waals surface area contributed by atoms with Gasteiger partial charge in [0.1, 0.15) is 0 Å². The van der Waals surface area contributed by atoms with E-state index in [-0.39, 0.29) is 6.61 Å². The third-order valence-electron chi connectivity index (χ3n) is 6.91. The average molecular weight is 543 g/mol. The molecule has 4 heterocycles. The number of nitrogens with one attached hydrogen (secondary N) is 1. The molecule has 0 unspecified atom stereocenters.